The molecule has 1 fully saturated rings. The molecule has 4 heteroatoms. The average Bonchev–Trinajstić information content (AvgIpc) is 3.27. The summed E-state index contributed by atoms with van der Waals surface area (Å²) in [5.74, 6) is -0.251. The fraction of sp³-hybridized carbons (Fsp3) is 0.500. The van der Waals surface area contributed by atoms with E-state index < -0.39 is 11.5 Å². The molecule has 20 heavy (non-hydrogen) atoms. The minimum Gasteiger partial charge on any atom is -0.465 e. The van der Waals surface area contributed by atoms with E-state index in [1.54, 1.807) is 6.92 Å². The summed E-state index contributed by atoms with van der Waals surface area (Å²) in [5.41, 5.74) is 0.459. The fourth-order valence-corrected chi connectivity index (χ4v) is 2.43. The van der Waals surface area contributed by atoms with E-state index >= 15 is 0 Å². The number of ether oxygens (including phenoxy) is 1. The van der Waals surface area contributed by atoms with Crippen LogP contribution < -0.4 is 5.32 Å². The lowest BCUT2D eigenvalue weighted by molar-refractivity contribution is -0.150. The van der Waals surface area contributed by atoms with Crippen molar-refractivity contribution < 1.29 is 9.53 Å². The van der Waals surface area contributed by atoms with Crippen molar-refractivity contribution >= 4 is 5.97 Å². The molecule has 1 aromatic carbocycles. The Kier molecular flexibility index (Phi) is 4.41. The molecular formula is C16H20N2O2. The van der Waals surface area contributed by atoms with Gasteiger partial charge in [-0.05, 0) is 32.3 Å². The van der Waals surface area contributed by atoms with Gasteiger partial charge in [0.1, 0.15) is 6.04 Å². The van der Waals surface area contributed by atoms with Crippen LogP contribution in [0.3, 0.4) is 0 Å². The van der Waals surface area contributed by atoms with Crippen LogP contribution in [0.2, 0.25) is 0 Å². The predicted molar refractivity (Wildman–Crippen MR) is 75.7 cm³/mol. The second-order valence-corrected chi connectivity index (χ2v) is 5.24. The van der Waals surface area contributed by atoms with Gasteiger partial charge in [0.2, 0.25) is 0 Å². The van der Waals surface area contributed by atoms with Gasteiger partial charge < -0.3 is 4.74 Å². The molecule has 0 amide bonds. The number of hydrogen-bond donors (Lipinski definition) is 1. The maximum Gasteiger partial charge on any atom is 0.314 e. The highest BCUT2D eigenvalue weighted by Crippen LogP contribution is 2.50. The van der Waals surface area contributed by atoms with Crippen molar-refractivity contribution in [2.24, 2.45) is 5.41 Å². The molecule has 1 aliphatic carbocycles. The first-order valence-corrected chi connectivity index (χ1v) is 7.02. The van der Waals surface area contributed by atoms with Crippen molar-refractivity contribution in [3.8, 4) is 6.07 Å². The van der Waals surface area contributed by atoms with Crippen LogP contribution in [0.1, 0.15) is 38.3 Å². The summed E-state index contributed by atoms with van der Waals surface area (Å²) in [6, 6.07) is 11.7. The van der Waals surface area contributed by atoms with Gasteiger partial charge in [0.05, 0.1) is 18.1 Å². The van der Waals surface area contributed by atoms with E-state index in [2.05, 4.69) is 11.4 Å². The van der Waals surface area contributed by atoms with Crippen LogP contribution in [0.15, 0.2) is 30.3 Å². The summed E-state index contributed by atoms with van der Waals surface area (Å²) >= 11 is 0. The van der Waals surface area contributed by atoms with Crippen molar-refractivity contribution in [3.63, 3.8) is 0 Å². The number of hydrogen-bond acceptors (Lipinski definition) is 4. The monoisotopic (exact) mass is 272 g/mol. The molecule has 1 N–H and O–H groups in total. The Morgan fingerprint density at radius 2 is 2.10 bits per heavy atom. The molecule has 0 heterocycles. The zero-order chi connectivity index (χ0) is 14.6. The zero-order valence-corrected chi connectivity index (χ0v) is 11.9. The van der Waals surface area contributed by atoms with Crippen molar-refractivity contribution in [2.75, 3.05) is 6.61 Å². The van der Waals surface area contributed by atoms with Gasteiger partial charge in [-0.1, -0.05) is 30.3 Å². The van der Waals surface area contributed by atoms with Gasteiger partial charge in [-0.2, -0.15) is 5.26 Å². The Labute approximate surface area is 119 Å². The Bertz CT molecular complexity index is 503. The van der Waals surface area contributed by atoms with Gasteiger partial charge in [-0.25, -0.2) is 0 Å². The summed E-state index contributed by atoms with van der Waals surface area (Å²) in [6.07, 6.45) is 1.44. The largest absolute Gasteiger partial charge is 0.465 e. The third-order valence-electron chi connectivity index (χ3n) is 3.87. The van der Waals surface area contributed by atoms with Crippen molar-refractivity contribution in [3.05, 3.63) is 35.9 Å². The maximum atomic E-state index is 12.0. The summed E-state index contributed by atoms with van der Waals surface area (Å²) < 4.78 is 5.11. The first-order chi connectivity index (χ1) is 9.64. The molecule has 1 saturated carbocycles. The van der Waals surface area contributed by atoms with Crippen molar-refractivity contribution in [1.29, 1.82) is 5.26 Å². The molecule has 2 rings (SSSR count). The molecule has 0 spiro atoms. The van der Waals surface area contributed by atoms with Crippen LogP contribution in [0.25, 0.3) is 0 Å². The van der Waals surface area contributed by atoms with Crippen LogP contribution in [-0.4, -0.2) is 18.6 Å². The Morgan fingerprint density at radius 1 is 1.45 bits per heavy atom. The highest BCUT2D eigenvalue weighted by molar-refractivity contribution is 5.81. The molecule has 106 valence electrons. The second-order valence-electron chi connectivity index (χ2n) is 5.24. The molecular weight excluding hydrogens is 252 g/mol. The topological polar surface area (TPSA) is 62.1 Å². The number of rotatable bonds is 6. The number of nitrogens with one attached hydrogen (secondary N) is 1. The van der Waals surface area contributed by atoms with Crippen LogP contribution in [-0.2, 0) is 9.53 Å². The first kappa shape index (κ1) is 14.5. The summed E-state index contributed by atoms with van der Waals surface area (Å²) in [4.78, 5) is 12.0. The molecule has 0 saturated heterocycles. The van der Waals surface area contributed by atoms with E-state index in [0.29, 0.717) is 6.61 Å². The molecule has 4 nitrogen and oxygen atoms in total. The number of carbonyl (C=O) groups is 1. The van der Waals surface area contributed by atoms with Gasteiger partial charge in [-0.15, -0.1) is 0 Å². The number of nitrogens with zero attached hydrogens (tertiary/aromatic N) is 1. The first-order valence-electron chi connectivity index (χ1n) is 7.02. The van der Waals surface area contributed by atoms with Crippen molar-refractivity contribution in [1.82, 2.24) is 5.32 Å². The number of benzene rings is 1. The molecule has 0 aromatic heterocycles. The smallest absolute Gasteiger partial charge is 0.314 e. The third-order valence-corrected chi connectivity index (χ3v) is 3.87. The molecule has 0 radical (unpaired) electrons. The lowest BCUT2D eigenvalue weighted by Crippen LogP contribution is -2.42. The third kappa shape index (κ3) is 2.83. The SMILES string of the molecule is CCOC(=O)C1(C(C#N)N[C@@H](C)c2ccccc2)CC1. The van der Waals surface area contributed by atoms with E-state index in [9.17, 15) is 10.1 Å². The van der Waals surface area contributed by atoms with Crippen molar-refractivity contribution in [2.45, 2.75) is 38.8 Å². The predicted octanol–water partition coefficient (Wildman–Crippen LogP) is 2.57. The lowest BCUT2D eigenvalue weighted by atomic mass is 9.95. The van der Waals surface area contributed by atoms with Gasteiger partial charge in [0.25, 0.3) is 0 Å². The minimum atomic E-state index is -0.645. The van der Waals surface area contributed by atoms with Crippen LogP contribution >= 0.6 is 0 Å². The minimum absolute atomic E-state index is 0.0211. The van der Waals surface area contributed by atoms with Crippen LogP contribution in [0, 0.1) is 16.7 Å². The molecule has 0 bridgehead atoms. The molecule has 1 unspecified atom stereocenters. The van der Waals surface area contributed by atoms with Gasteiger partial charge in [-0.3, -0.25) is 10.1 Å². The van der Waals surface area contributed by atoms with E-state index in [1.807, 2.05) is 37.3 Å². The fourth-order valence-electron chi connectivity index (χ4n) is 2.43. The average molecular weight is 272 g/mol. The summed E-state index contributed by atoms with van der Waals surface area (Å²) in [7, 11) is 0. The lowest BCUT2D eigenvalue weighted by Gasteiger charge is -2.24. The standard InChI is InChI=1S/C16H20N2O2/c1-3-20-15(19)16(9-10-16)14(11-17)18-12(2)13-7-5-4-6-8-13/h4-8,12,14,18H,3,9-10H2,1-2H3/t12-,14?/m0/s1. The highest BCUT2D eigenvalue weighted by Gasteiger charge is 2.57. The Morgan fingerprint density at radius 3 is 2.60 bits per heavy atom. The highest BCUT2D eigenvalue weighted by atomic mass is 16.5. The van der Waals surface area contributed by atoms with E-state index in [4.69, 9.17) is 4.74 Å². The quantitative estimate of drug-likeness (QED) is 0.808. The number of nitriles is 1. The van der Waals surface area contributed by atoms with Crippen LogP contribution in [0.5, 0.6) is 0 Å². The van der Waals surface area contributed by atoms with Gasteiger partial charge in [0, 0.05) is 6.04 Å². The second kappa shape index (κ2) is 6.06. The number of carbonyl (C=O) groups excluding carboxylic acids is 1. The Hall–Kier alpha value is -1.86. The molecule has 2 atom stereocenters. The van der Waals surface area contributed by atoms with E-state index in [-0.39, 0.29) is 12.0 Å². The Balaban J connectivity index is 2.07. The molecule has 1 aromatic rings. The van der Waals surface area contributed by atoms with Gasteiger partial charge in [0.15, 0.2) is 0 Å². The normalized spacial score (nSPS) is 18.6. The molecule has 0 aliphatic heterocycles. The van der Waals surface area contributed by atoms with E-state index in [0.717, 1.165) is 18.4 Å². The molecule has 1 aliphatic rings. The van der Waals surface area contributed by atoms with E-state index in [1.165, 1.54) is 0 Å². The number of esters is 1. The van der Waals surface area contributed by atoms with Gasteiger partial charge >= 0.3 is 5.97 Å². The zero-order valence-electron chi connectivity index (χ0n) is 11.9. The van der Waals surface area contributed by atoms with Crippen LogP contribution in [0.4, 0.5) is 0 Å². The summed E-state index contributed by atoms with van der Waals surface area (Å²) in [5, 5.41) is 12.7. The maximum absolute atomic E-state index is 12.0. The summed E-state index contributed by atoms with van der Waals surface area (Å²) in [6.45, 7) is 4.14.